The van der Waals surface area contributed by atoms with E-state index in [0.29, 0.717) is 0 Å². The highest BCUT2D eigenvalue weighted by molar-refractivity contribution is 5.86. The van der Waals surface area contributed by atoms with Gasteiger partial charge in [-0.05, 0) is 17.7 Å². The van der Waals surface area contributed by atoms with E-state index >= 15 is 0 Å². The van der Waals surface area contributed by atoms with Crippen molar-refractivity contribution < 1.29 is 0 Å². The average Bonchev–Trinajstić information content (AvgIpc) is 2.18. The molecule has 14 heavy (non-hydrogen) atoms. The van der Waals surface area contributed by atoms with Gasteiger partial charge in [-0.25, -0.2) is 0 Å². The Morgan fingerprint density at radius 2 is 1.86 bits per heavy atom. The van der Waals surface area contributed by atoms with E-state index in [9.17, 15) is 0 Å². The molecule has 0 aliphatic carbocycles. The van der Waals surface area contributed by atoms with Crippen LogP contribution >= 0.6 is 12.4 Å². The molecule has 2 aromatic rings. The lowest BCUT2D eigenvalue weighted by molar-refractivity contribution is 1.26. The minimum atomic E-state index is 0. The molecule has 0 aliphatic rings. The van der Waals surface area contributed by atoms with Gasteiger partial charge >= 0.3 is 0 Å². The highest BCUT2D eigenvalue weighted by Gasteiger charge is 1.94. The third-order valence-corrected chi connectivity index (χ3v) is 1.72. The van der Waals surface area contributed by atoms with Crippen LogP contribution in [0.1, 0.15) is 5.56 Å². The number of hydrazone groups is 1. The summed E-state index contributed by atoms with van der Waals surface area (Å²) in [5, 5.41) is 3.44. The molecule has 5 heteroatoms. The van der Waals surface area contributed by atoms with E-state index in [-0.39, 0.29) is 12.4 Å². The third kappa shape index (κ3) is 1.97. The number of benzene rings is 1. The van der Waals surface area contributed by atoms with E-state index in [4.69, 9.17) is 5.84 Å². The minimum Gasteiger partial charge on any atom is -0.323 e. The van der Waals surface area contributed by atoms with Crippen LogP contribution in [0.5, 0.6) is 0 Å². The molecule has 0 saturated heterocycles. The Bertz CT molecular complexity index is 455. The fourth-order valence-corrected chi connectivity index (χ4v) is 1.15. The number of halogens is 1. The van der Waals surface area contributed by atoms with Gasteiger partial charge in [0.05, 0.1) is 17.2 Å². The monoisotopic (exact) mass is 208 g/mol. The van der Waals surface area contributed by atoms with Gasteiger partial charge in [-0.15, -0.1) is 12.4 Å². The molecule has 1 heterocycles. The maximum atomic E-state index is 5.04. The van der Waals surface area contributed by atoms with Crippen LogP contribution in [-0.2, 0) is 0 Å². The summed E-state index contributed by atoms with van der Waals surface area (Å²) in [4.78, 5) is 8.30. The summed E-state index contributed by atoms with van der Waals surface area (Å²) in [5.41, 5.74) is 2.65. The van der Waals surface area contributed by atoms with Gasteiger partial charge in [0.25, 0.3) is 0 Å². The van der Waals surface area contributed by atoms with Gasteiger partial charge < -0.3 is 5.84 Å². The molecule has 1 aromatic heterocycles. The van der Waals surface area contributed by atoms with Crippen LogP contribution in [0.15, 0.2) is 35.7 Å². The molecule has 2 N–H and O–H groups in total. The third-order valence-electron chi connectivity index (χ3n) is 1.72. The number of aromatic nitrogens is 2. The summed E-state index contributed by atoms with van der Waals surface area (Å²) in [5.74, 6) is 5.04. The van der Waals surface area contributed by atoms with Crippen molar-refractivity contribution in [3.05, 3.63) is 36.2 Å². The zero-order chi connectivity index (χ0) is 9.10. The molecule has 0 saturated carbocycles. The average molecular weight is 209 g/mol. The van der Waals surface area contributed by atoms with Crippen LogP contribution in [0.4, 0.5) is 0 Å². The lowest BCUT2D eigenvalue weighted by Gasteiger charge is -1.95. The fraction of sp³-hybridized carbons (Fsp3) is 0. The molecule has 2 rings (SSSR count). The van der Waals surface area contributed by atoms with Gasteiger partial charge in [0, 0.05) is 12.4 Å². The number of hydrogen-bond acceptors (Lipinski definition) is 4. The molecule has 72 valence electrons. The lowest BCUT2D eigenvalue weighted by Crippen LogP contribution is -1.88. The Morgan fingerprint density at radius 1 is 1.14 bits per heavy atom. The Morgan fingerprint density at radius 3 is 2.57 bits per heavy atom. The van der Waals surface area contributed by atoms with Crippen LogP contribution in [0, 0.1) is 0 Å². The lowest BCUT2D eigenvalue weighted by atomic mass is 10.2. The molecule has 0 fully saturated rings. The first kappa shape index (κ1) is 10.4. The van der Waals surface area contributed by atoms with Crippen LogP contribution in [0.2, 0.25) is 0 Å². The molecule has 0 unspecified atom stereocenters. The molecule has 0 aliphatic heterocycles. The summed E-state index contributed by atoms with van der Waals surface area (Å²) in [6.07, 6.45) is 4.90. The number of rotatable bonds is 1. The number of fused-ring (bicyclic) bond motifs is 1. The van der Waals surface area contributed by atoms with Crippen molar-refractivity contribution in [2.45, 2.75) is 0 Å². The Hall–Kier alpha value is -1.68. The quantitative estimate of drug-likeness (QED) is 0.437. The van der Waals surface area contributed by atoms with Crippen LogP contribution in [-0.4, -0.2) is 16.2 Å². The second kappa shape index (κ2) is 4.53. The van der Waals surface area contributed by atoms with Crippen molar-refractivity contribution in [2.24, 2.45) is 10.9 Å². The van der Waals surface area contributed by atoms with E-state index in [2.05, 4.69) is 15.1 Å². The van der Waals surface area contributed by atoms with Crippen molar-refractivity contribution in [2.75, 3.05) is 0 Å². The van der Waals surface area contributed by atoms with Crippen LogP contribution in [0.3, 0.4) is 0 Å². The summed E-state index contributed by atoms with van der Waals surface area (Å²) < 4.78 is 0. The van der Waals surface area contributed by atoms with E-state index in [1.165, 1.54) is 0 Å². The second-order valence-corrected chi connectivity index (χ2v) is 2.58. The normalized spacial score (nSPS) is 10.3. The molecule has 0 spiro atoms. The molecular weight excluding hydrogens is 200 g/mol. The smallest absolute Gasteiger partial charge is 0.0893 e. The summed E-state index contributed by atoms with van der Waals surface area (Å²) in [7, 11) is 0. The maximum absolute atomic E-state index is 5.04. The van der Waals surface area contributed by atoms with E-state index in [1.54, 1.807) is 18.6 Å². The van der Waals surface area contributed by atoms with Crippen LogP contribution in [0.25, 0.3) is 11.0 Å². The zero-order valence-electron chi connectivity index (χ0n) is 7.29. The minimum absolute atomic E-state index is 0. The summed E-state index contributed by atoms with van der Waals surface area (Å²) in [6, 6.07) is 5.67. The molecule has 0 radical (unpaired) electrons. The number of nitrogens with zero attached hydrogens (tertiary/aromatic N) is 3. The SMILES string of the molecule is Cl.N/N=C/c1ccc2nccnc2c1. The summed E-state index contributed by atoms with van der Waals surface area (Å²) >= 11 is 0. The number of hydrogen-bond donors (Lipinski definition) is 1. The fourth-order valence-electron chi connectivity index (χ4n) is 1.15. The van der Waals surface area contributed by atoms with Crippen molar-refractivity contribution >= 4 is 29.7 Å². The van der Waals surface area contributed by atoms with Gasteiger partial charge in [-0.1, -0.05) is 6.07 Å². The molecular formula is C9H9ClN4. The molecule has 0 atom stereocenters. The van der Waals surface area contributed by atoms with Gasteiger partial charge in [-0.3, -0.25) is 9.97 Å². The Labute approximate surface area is 87.3 Å². The van der Waals surface area contributed by atoms with Gasteiger partial charge in [0.1, 0.15) is 0 Å². The topological polar surface area (TPSA) is 64.2 Å². The summed E-state index contributed by atoms with van der Waals surface area (Å²) in [6.45, 7) is 0. The molecule has 0 amide bonds. The highest BCUT2D eigenvalue weighted by Crippen LogP contribution is 2.08. The predicted molar refractivity (Wildman–Crippen MR) is 58.6 cm³/mol. The van der Waals surface area contributed by atoms with Gasteiger partial charge in [0.15, 0.2) is 0 Å². The first-order valence-electron chi connectivity index (χ1n) is 3.84. The van der Waals surface area contributed by atoms with Gasteiger partial charge in [-0.2, -0.15) is 5.10 Å². The standard InChI is InChI=1S/C9H8N4.ClH/c10-13-6-7-1-2-8-9(5-7)12-4-3-11-8;/h1-6H,10H2;1H/b13-6+;. The Kier molecular flexibility index (Phi) is 3.36. The van der Waals surface area contributed by atoms with Crippen molar-refractivity contribution in [1.82, 2.24) is 9.97 Å². The van der Waals surface area contributed by atoms with Crippen LogP contribution < -0.4 is 5.84 Å². The van der Waals surface area contributed by atoms with Gasteiger partial charge in [0.2, 0.25) is 0 Å². The van der Waals surface area contributed by atoms with Crippen molar-refractivity contribution in [3.8, 4) is 0 Å². The second-order valence-electron chi connectivity index (χ2n) is 2.58. The molecule has 0 bridgehead atoms. The highest BCUT2D eigenvalue weighted by atomic mass is 35.5. The first-order valence-corrected chi connectivity index (χ1v) is 3.84. The van der Waals surface area contributed by atoms with Crippen molar-refractivity contribution in [1.29, 1.82) is 0 Å². The van der Waals surface area contributed by atoms with E-state index in [0.717, 1.165) is 16.6 Å². The van der Waals surface area contributed by atoms with Crippen molar-refractivity contribution in [3.63, 3.8) is 0 Å². The zero-order valence-corrected chi connectivity index (χ0v) is 8.11. The van der Waals surface area contributed by atoms with E-state index < -0.39 is 0 Å². The number of nitrogens with two attached hydrogens (primary N) is 1. The van der Waals surface area contributed by atoms with E-state index in [1.807, 2.05) is 18.2 Å². The Balaban J connectivity index is 0.000000980. The predicted octanol–water partition coefficient (Wildman–Crippen LogP) is 1.34. The largest absolute Gasteiger partial charge is 0.323 e. The first-order chi connectivity index (χ1) is 6.40. The maximum Gasteiger partial charge on any atom is 0.0893 e. The molecule has 1 aromatic carbocycles. The molecule has 4 nitrogen and oxygen atoms in total.